The minimum Gasteiger partial charge on any atom is -0.480 e. The van der Waals surface area contributed by atoms with Gasteiger partial charge in [0.25, 0.3) is 0 Å². The van der Waals surface area contributed by atoms with Crippen LogP contribution in [0, 0.1) is 0 Å². The second kappa shape index (κ2) is 4.04. The average molecular weight is 222 g/mol. The van der Waals surface area contributed by atoms with Crippen molar-refractivity contribution in [1.29, 1.82) is 0 Å². The van der Waals surface area contributed by atoms with Crippen molar-refractivity contribution in [2.75, 3.05) is 7.11 Å². The number of ether oxygens (including phenoxy) is 1. The van der Waals surface area contributed by atoms with Crippen LogP contribution in [-0.2, 0) is 10.8 Å². The molecule has 0 saturated heterocycles. The first kappa shape index (κ1) is 12.9. The monoisotopic (exact) mass is 222 g/mol. The Labute approximate surface area is 98.2 Å². The van der Waals surface area contributed by atoms with E-state index in [0.717, 1.165) is 11.3 Å². The Kier molecular flexibility index (Phi) is 3.27. The van der Waals surface area contributed by atoms with E-state index in [2.05, 4.69) is 57.8 Å². The molecule has 0 saturated carbocycles. The van der Waals surface area contributed by atoms with Gasteiger partial charge in [0, 0.05) is 11.0 Å². The molecule has 0 N–H and O–H groups in total. The Hall–Kier alpha value is -1.12. The predicted molar refractivity (Wildman–Crippen MR) is 66.0 cm³/mol. The smallest absolute Gasteiger partial charge is 0.236 e. The number of hydrogen-bond acceptors (Lipinski definition) is 3. The maximum Gasteiger partial charge on any atom is 0.236 e. The van der Waals surface area contributed by atoms with Crippen LogP contribution in [0.5, 0.6) is 5.88 Å². The highest BCUT2D eigenvalue weighted by Gasteiger charge is 2.24. The van der Waals surface area contributed by atoms with Gasteiger partial charge in [-0.15, -0.1) is 5.10 Å². The van der Waals surface area contributed by atoms with Gasteiger partial charge in [-0.25, -0.2) is 0 Å². The van der Waals surface area contributed by atoms with Crippen LogP contribution in [-0.4, -0.2) is 17.3 Å². The van der Waals surface area contributed by atoms with Crippen molar-refractivity contribution in [1.82, 2.24) is 10.2 Å². The van der Waals surface area contributed by atoms with Gasteiger partial charge in [0.05, 0.1) is 12.8 Å². The van der Waals surface area contributed by atoms with Crippen LogP contribution >= 0.6 is 0 Å². The molecule has 1 heterocycles. The van der Waals surface area contributed by atoms with Gasteiger partial charge in [-0.2, -0.15) is 5.10 Å². The zero-order valence-corrected chi connectivity index (χ0v) is 11.4. The molecule has 0 aliphatic rings. The number of hydrogen-bond donors (Lipinski definition) is 0. The van der Waals surface area contributed by atoms with Crippen molar-refractivity contribution in [3.63, 3.8) is 0 Å². The first-order valence-electron chi connectivity index (χ1n) is 5.59. The van der Waals surface area contributed by atoms with E-state index in [9.17, 15) is 0 Å². The van der Waals surface area contributed by atoms with Crippen molar-refractivity contribution in [3.05, 3.63) is 17.3 Å². The Bertz CT molecular complexity index is 372. The summed E-state index contributed by atoms with van der Waals surface area (Å²) < 4.78 is 5.27. The van der Waals surface area contributed by atoms with Crippen molar-refractivity contribution >= 4 is 0 Å². The average Bonchev–Trinajstić information content (AvgIpc) is 2.14. The van der Waals surface area contributed by atoms with Crippen molar-refractivity contribution in [2.24, 2.45) is 0 Å². The molecule has 3 nitrogen and oxygen atoms in total. The van der Waals surface area contributed by atoms with E-state index >= 15 is 0 Å². The van der Waals surface area contributed by atoms with Crippen LogP contribution < -0.4 is 4.74 Å². The van der Waals surface area contributed by atoms with Crippen LogP contribution in [0.25, 0.3) is 0 Å². The zero-order chi connectivity index (χ0) is 12.6. The third kappa shape index (κ3) is 2.71. The largest absolute Gasteiger partial charge is 0.480 e. The normalized spacial score (nSPS) is 12.7. The Morgan fingerprint density at radius 2 is 1.50 bits per heavy atom. The molecule has 1 aromatic heterocycles. The first-order chi connectivity index (χ1) is 7.16. The lowest BCUT2D eigenvalue weighted by molar-refractivity contribution is 0.371. The second-order valence-corrected chi connectivity index (χ2v) is 6.15. The van der Waals surface area contributed by atoms with Crippen LogP contribution in [0.1, 0.15) is 52.8 Å². The molecular weight excluding hydrogens is 200 g/mol. The Balaban J connectivity index is 3.34. The van der Waals surface area contributed by atoms with E-state index in [1.54, 1.807) is 7.11 Å². The summed E-state index contributed by atoms with van der Waals surface area (Å²) in [5, 5.41) is 8.38. The third-order valence-electron chi connectivity index (χ3n) is 2.53. The molecule has 0 fully saturated rings. The molecule has 0 aliphatic carbocycles. The van der Waals surface area contributed by atoms with Crippen LogP contribution in [0.15, 0.2) is 6.07 Å². The highest BCUT2D eigenvalue weighted by atomic mass is 16.5. The Morgan fingerprint density at radius 3 is 1.88 bits per heavy atom. The van der Waals surface area contributed by atoms with E-state index in [-0.39, 0.29) is 10.8 Å². The lowest BCUT2D eigenvalue weighted by Gasteiger charge is -2.24. The molecule has 1 rings (SSSR count). The van der Waals surface area contributed by atoms with Crippen molar-refractivity contribution in [3.8, 4) is 5.88 Å². The summed E-state index contributed by atoms with van der Waals surface area (Å²) in [7, 11) is 1.63. The molecule has 3 heteroatoms. The molecule has 0 amide bonds. The standard InChI is InChI=1S/C13H22N2O/c1-12(2,3)9-8-10(13(4,5)6)14-15-11(9)16-7/h8H,1-7H3. The van der Waals surface area contributed by atoms with Gasteiger partial charge in [-0.05, 0) is 11.5 Å². The molecule has 0 spiro atoms. The Morgan fingerprint density at radius 1 is 0.938 bits per heavy atom. The number of nitrogens with zero attached hydrogens (tertiary/aromatic N) is 2. The molecule has 0 aliphatic heterocycles. The van der Waals surface area contributed by atoms with Crippen LogP contribution in [0.2, 0.25) is 0 Å². The van der Waals surface area contributed by atoms with E-state index < -0.39 is 0 Å². The first-order valence-corrected chi connectivity index (χ1v) is 5.59. The van der Waals surface area contributed by atoms with Gasteiger partial charge < -0.3 is 4.74 Å². The molecular formula is C13H22N2O. The predicted octanol–water partition coefficient (Wildman–Crippen LogP) is 3.08. The molecule has 90 valence electrons. The van der Waals surface area contributed by atoms with E-state index in [0.29, 0.717) is 5.88 Å². The van der Waals surface area contributed by atoms with E-state index in [1.165, 1.54) is 0 Å². The van der Waals surface area contributed by atoms with Gasteiger partial charge in [0.2, 0.25) is 5.88 Å². The highest BCUT2D eigenvalue weighted by Crippen LogP contribution is 2.32. The van der Waals surface area contributed by atoms with E-state index in [4.69, 9.17) is 4.74 Å². The summed E-state index contributed by atoms with van der Waals surface area (Å²) >= 11 is 0. The SMILES string of the molecule is COc1nnc(C(C)(C)C)cc1C(C)(C)C. The fourth-order valence-electron chi connectivity index (χ4n) is 1.44. The molecule has 0 atom stereocenters. The number of aromatic nitrogens is 2. The molecule has 0 aromatic carbocycles. The molecule has 1 aromatic rings. The maximum absolute atomic E-state index is 5.27. The number of rotatable bonds is 1. The quantitative estimate of drug-likeness (QED) is 0.732. The second-order valence-electron chi connectivity index (χ2n) is 6.15. The van der Waals surface area contributed by atoms with Crippen LogP contribution in [0.3, 0.4) is 0 Å². The van der Waals surface area contributed by atoms with Gasteiger partial charge in [0.1, 0.15) is 0 Å². The van der Waals surface area contributed by atoms with Crippen LogP contribution in [0.4, 0.5) is 0 Å². The minimum absolute atomic E-state index is 0.0132. The van der Waals surface area contributed by atoms with Gasteiger partial charge in [0.15, 0.2) is 0 Å². The molecule has 0 radical (unpaired) electrons. The van der Waals surface area contributed by atoms with Gasteiger partial charge >= 0.3 is 0 Å². The summed E-state index contributed by atoms with van der Waals surface area (Å²) in [5.74, 6) is 0.625. The topological polar surface area (TPSA) is 35.0 Å². The molecule has 16 heavy (non-hydrogen) atoms. The fourth-order valence-corrected chi connectivity index (χ4v) is 1.44. The summed E-state index contributed by atoms with van der Waals surface area (Å²) in [6, 6.07) is 2.10. The maximum atomic E-state index is 5.27. The lowest BCUT2D eigenvalue weighted by atomic mass is 9.84. The van der Waals surface area contributed by atoms with Crippen molar-refractivity contribution < 1.29 is 4.74 Å². The lowest BCUT2D eigenvalue weighted by Crippen LogP contribution is -2.20. The summed E-state index contributed by atoms with van der Waals surface area (Å²) in [4.78, 5) is 0. The molecule has 0 unspecified atom stereocenters. The fraction of sp³-hybridized carbons (Fsp3) is 0.692. The highest BCUT2D eigenvalue weighted by molar-refractivity contribution is 5.34. The van der Waals surface area contributed by atoms with Gasteiger partial charge in [-0.1, -0.05) is 41.5 Å². The van der Waals surface area contributed by atoms with E-state index in [1.807, 2.05) is 0 Å². The molecule has 0 bridgehead atoms. The summed E-state index contributed by atoms with van der Waals surface area (Å²) in [6.45, 7) is 12.9. The minimum atomic E-state index is 0.0132. The summed E-state index contributed by atoms with van der Waals surface area (Å²) in [5.41, 5.74) is 2.13. The summed E-state index contributed by atoms with van der Waals surface area (Å²) in [6.07, 6.45) is 0. The number of methoxy groups -OCH3 is 1. The van der Waals surface area contributed by atoms with Gasteiger partial charge in [-0.3, -0.25) is 0 Å². The zero-order valence-electron chi connectivity index (χ0n) is 11.4. The van der Waals surface area contributed by atoms with Crippen molar-refractivity contribution in [2.45, 2.75) is 52.4 Å². The third-order valence-corrected chi connectivity index (χ3v) is 2.53.